The van der Waals surface area contributed by atoms with E-state index in [-0.39, 0.29) is 11.7 Å². The van der Waals surface area contributed by atoms with Crippen molar-refractivity contribution >= 4 is 40.9 Å². The Hall–Kier alpha value is -2.13. The molecule has 0 aliphatic carbocycles. The van der Waals surface area contributed by atoms with Crippen LogP contribution in [0, 0.1) is 0 Å². The highest BCUT2D eigenvalue weighted by atomic mass is 35.5. The summed E-state index contributed by atoms with van der Waals surface area (Å²) in [4.78, 5) is 16.1. The Kier molecular flexibility index (Phi) is 7.27. The quantitative estimate of drug-likeness (QED) is 0.428. The molecule has 7 nitrogen and oxygen atoms in total. The van der Waals surface area contributed by atoms with Gasteiger partial charge in [0.25, 0.3) is 0 Å². The minimum absolute atomic E-state index is 0.115. The zero-order chi connectivity index (χ0) is 19.9. The van der Waals surface area contributed by atoms with Gasteiger partial charge >= 0.3 is 0 Å². The second-order valence-corrected chi connectivity index (χ2v) is 7.36. The number of ether oxygens (including phenoxy) is 1. The molecule has 2 aromatic heterocycles. The van der Waals surface area contributed by atoms with E-state index in [2.05, 4.69) is 20.5 Å². The van der Waals surface area contributed by atoms with Gasteiger partial charge in [0.15, 0.2) is 11.0 Å². The molecule has 0 bridgehead atoms. The lowest BCUT2D eigenvalue weighted by molar-refractivity contribution is -0.118. The van der Waals surface area contributed by atoms with Gasteiger partial charge in [0.1, 0.15) is 0 Å². The van der Waals surface area contributed by atoms with E-state index in [4.69, 9.17) is 27.9 Å². The van der Waals surface area contributed by atoms with Gasteiger partial charge < -0.3 is 10.1 Å². The van der Waals surface area contributed by atoms with Crippen LogP contribution in [0.4, 0.5) is 0 Å². The van der Waals surface area contributed by atoms with Crippen LogP contribution in [0.3, 0.4) is 0 Å². The normalized spacial score (nSPS) is 10.8. The van der Waals surface area contributed by atoms with E-state index >= 15 is 0 Å². The van der Waals surface area contributed by atoms with Crippen LogP contribution in [0.1, 0.15) is 0 Å². The van der Waals surface area contributed by atoms with E-state index in [9.17, 15) is 4.79 Å². The summed E-state index contributed by atoms with van der Waals surface area (Å²) in [6.45, 7) is 0.916. The van der Waals surface area contributed by atoms with Gasteiger partial charge in [0.05, 0.1) is 28.1 Å². The van der Waals surface area contributed by atoms with E-state index in [0.29, 0.717) is 34.2 Å². The standard InChI is InChI=1S/C18H17Cl2N5O2S/c1-27-9-8-22-16(26)11-28-18-24-23-17(12-4-6-21-7-5-12)25(18)13-2-3-14(19)15(20)10-13/h2-7,10H,8-9,11H2,1H3,(H,22,26). The number of thioether (sulfide) groups is 1. The van der Waals surface area contributed by atoms with Crippen LogP contribution in [-0.4, -0.2) is 51.7 Å². The number of benzene rings is 1. The highest BCUT2D eigenvalue weighted by molar-refractivity contribution is 7.99. The zero-order valence-corrected chi connectivity index (χ0v) is 17.3. The van der Waals surface area contributed by atoms with Crippen molar-refractivity contribution in [3.63, 3.8) is 0 Å². The number of carbonyl (C=O) groups excluding carboxylic acids is 1. The summed E-state index contributed by atoms with van der Waals surface area (Å²) in [6.07, 6.45) is 3.36. The van der Waals surface area contributed by atoms with Crippen LogP contribution in [0.5, 0.6) is 0 Å². The van der Waals surface area contributed by atoms with Crippen LogP contribution in [-0.2, 0) is 9.53 Å². The number of carbonyl (C=O) groups is 1. The summed E-state index contributed by atoms with van der Waals surface area (Å²) in [5.41, 5.74) is 1.58. The fourth-order valence-electron chi connectivity index (χ4n) is 2.38. The van der Waals surface area contributed by atoms with Crippen LogP contribution >= 0.6 is 35.0 Å². The highest BCUT2D eigenvalue weighted by Crippen LogP contribution is 2.31. The van der Waals surface area contributed by atoms with Crippen LogP contribution in [0.15, 0.2) is 47.9 Å². The van der Waals surface area contributed by atoms with Crippen LogP contribution in [0.25, 0.3) is 17.1 Å². The van der Waals surface area contributed by atoms with Crippen molar-refractivity contribution in [1.82, 2.24) is 25.1 Å². The number of rotatable bonds is 8. The summed E-state index contributed by atoms with van der Waals surface area (Å²) in [7, 11) is 1.58. The number of halogens is 2. The Morgan fingerprint density at radius 2 is 1.96 bits per heavy atom. The summed E-state index contributed by atoms with van der Waals surface area (Å²) in [5.74, 6) is 0.693. The number of nitrogens with zero attached hydrogens (tertiary/aromatic N) is 4. The number of pyridine rings is 1. The maximum Gasteiger partial charge on any atom is 0.230 e. The number of hydrogen-bond donors (Lipinski definition) is 1. The Morgan fingerprint density at radius 1 is 1.18 bits per heavy atom. The molecule has 1 N–H and O–H groups in total. The smallest absolute Gasteiger partial charge is 0.230 e. The second kappa shape index (κ2) is 9.88. The molecule has 0 saturated carbocycles. The molecule has 10 heteroatoms. The molecule has 0 saturated heterocycles. The average Bonchev–Trinajstić information content (AvgIpc) is 3.13. The third-order valence-corrected chi connectivity index (χ3v) is 5.36. The van der Waals surface area contributed by atoms with Gasteiger partial charge in [-0.2, -0.15) is 0 Å². The minimum atomic E-state index is -0.115. The Morgan fingerprint density at radius 3 is 2.68 bits per heavy atom. The number of methoxy groups -OCH3 is 1. The molecule has 1 aromatic carbocycles. The molecular weight excluding hydrogens is 421 g/mol. The number of nitrogens with one attached hydrogen (secondary N) is 1. The minimum Gasteiger partial charge on any atom is -0.383 e. The van der Waals surface area contributed by atoms with Crippen LogP contribution in [0.2, 0.25) is 10.0 Å². The molecule has 0 fully saturated rings. The summed E-state index contributed by atoms with van der Waals surface area (Å²) < 4.78 is 6.77. The maximum atomic E-state index is 12.0. The third kappa shape index (κ3) is 5.02. The van der Waals surface area contributed by atoms with Crippen LogP contribution < -0.4 is 5.32 Å². The molecule has 0 spiro atoms. The van der Waals surface area contributed by atoms with Gasteiger partial charge in [-0.25, -0.2) is 0 Å². The molecule has 3 rings (SSSR count). The van der Waals surface area contributed by atoms with Crippen molar-refractivity contribution in [3.8, 4) is 17.1 Å². The number of amides is 1. The first-order valence-corrected chi connectivity index (χ1v) is 10.0. The Balaban J connectivity index is 1.91. The van der Waals surface area contributed by atoms with E-state index in [0.717, 1.165) is 11.3 Å². The predicted octanol–water partition coefficient (Wildman–Crippen LogP) is 3.49. The first kappa shape index (κ1) is 20.6. The first-order chi connectivity index (χ1) is 13.6. The molecule has 2 heterocycles. The molecule has 0 radical (unpaired) electrons. The summed E-state index contributed by atoms with van der Waals surface area (Å²) in [5, 5.41) is 12.8. The lowest BCUT2D eigenvalue weighted by atomic mass is 10.2. The Labute approximate surface area is 176 Å². The summed E-state index contributed by atoms with van der Waals surface area (Å²) in [6, 6.07) is 8.95. The molecule has 3 aromatic rings. The first-order valence-electron chi connectivity index (χ1n) is 8.30. The van der Waals surface area contributed by atoms with Crippen molar-refractivity contribution in [3.05, 3.63) is 52.8 Å². The van der Waals surface area contributed by atoms with E-state index in [1.54, 1.807) is 31.6 Å². The van der Waals surface area contributed by atoms with Crippen molar-refractivity contribution in [2.24, 2.45) is 0 Å². The fourth-order valence-corrected chi connectivity index (χ4v) is 3.46. The highest BCUT2D eigenvalue weighted by Gasteiger charge is 2.18. The van der Waals surface area contributed by atoms with Crippen molar-refractivity contribution in [2.45, 2.75) is 5.16 Å². The van der Waals surface area contributed by atoms with Gasteiger partial charge in [0, 0.05) is 31.6 Å². The monoisotopic (exact) mass is 437 g/mol. The average molecular weight is 438 g/mol. The zero-order valence-electron chi connectivity index (χ0n) is 14.9. The van der Waals surface area contributed by atoms with E-state index in [1.165, 1.54) is 11.8 Å². The predicted molar refractivity (Wildman–Crippen MR) is 110 cm³/mol. The molecule has 0 atom stereocenters. The number of hydrogen-bond acceptors (Lipinski definition) is 6. The van der Waals surface area contributed by atoms with Gasteiger partial charge in [0.2, 0.25) is 5.91 Å². The largest absolute Gasteiger partial charge is 0.383 e. The van der Waals surface area contributed by atoms with Gasteiger partial charge in [-0.1, -0.05) is 35.0 Å². The molecular formula is C18H17Cl2N5O2S. The van der Waals surface area contributed by atoms with E-state index < -0.39 is 0 Å². The van der Waals surface area contributed by atoms with Crippen molar-refractivity contribution in [2.75, 3.05) is 26.0 Å². The molecule has 0 unspecified atom stereocenters. The second-order valence-electron chi connectivity index (χ2n) is 5.61. The van der Waals surface area contributed by atoms with Gasteiger partial charge in [-0.15, -0.1) is 10.2 Å². The Bertz CT molecular complexity index is 952. The lowest BCUT2D eigenvalue weighted by Crippen LogP contribution is -2.28. The number of aromatic nitrogens is 4. The fraction of sp³-hybridized carbons (Fsp3) is 0.222. The SMILES string of the molecule is COCCNC(=O)CSc1nnc(-c2ccncc2)n1-c1ccc(Cl)c(Cl)c1. The molecule has 1 amide bonds. The summed E-state index contributed by atoms with van der Waals surface area (Å²) >= 11 is 13.5. The third-order valence-electron chi connectivity index (χ3n) is 3.69. The molecule has 28 heavy (non-hydrogen) atoms. The van der Waals surface area contributed by atoms with Gasteiger partial charge in [-0.3, -0.25) is 14.3 Å². The maximum absolute atomic E-state index is 12.0. The lowest BCUT2D eigenvalue weighted by Gasteiger charge is -2.11. The topological polar surface area (TPSA) is 81.9 Å². The molecule has 146 valence electrons. The molecule has 0 aliphatic heterocycles. The van der Waals surface area contributed by atoms with Gasteiger partial charge in [-0.05, 0) is 30.3 Å². The van der Waals surface area contributed by atoms with Crippen molar-refractivity contribution in [1.29, 1.82) is 0 Å². The van der Waals surface area contributed by atoms with E-state index in [1.807, 2.05) is 22.8 Å². The molecule has 0 aliphatic rings. The van der Waals surface area contributed by atoms with Crippen molar-refractivity contribution < 1.29 is 9.53 Å².